The number of nitrogens with zero attached hydrogens (tertiary/aromatic N) is 2. The Hall–Kier alpha value is -3.35. The summed E-state index contributed by atoms with van der Waals surface area (Å²) in [5.41, 5.74) is 3.95. The van der Waals surface area contributed by atoms with Crippen molar-refractivity contribution in [3.8, 4) is 11.3 Å². The molecule has 1 amide bonds. The molecule has 28 heavy (non-hydrogen) atoms. The molecule has 2 N–H and O–H groups in total. The van der Waals surface area contributed by atoms with Gasteiger partial charge in [-0.15, -0.1) is 0 Å². The fourth-order valence-electron chi connectivity index (χ4n) is 3.10. The van der Waals surface area contributed by atoms with Crippen LogP contribution in [0.4, 0.5) is 0 Å². The predicted octanol–water partition coefficient (Wildman–Crippen LogP) is 3.31. The highest BCUT2D eigenvalue weighted by molar-refractivity contribution is 5.97. The fourth-order valence-corrected chi connectivity index (χ4v) is 3.10. The minimum atomic E-state index is -1.03. The van der Waals surface area contributed by atoms with Crippen molar-refractivity contribution in [2.75, 3.05) is 13.6 Å². The minimum absolute atomic E-state index is 0.197. The number of carboxylic acids is 1. The van der Waals surface area contributed by atoms with Crippen LogP contribution in [0.15, 0.2) is 47.1 Å². The van der Waals surface area contributed by atoms with Crippen molar-refractivity contribution in [3.63, 3.8) is 0 Å². The summed E-state index contributed by atoms with van der Waals surface area (Å²) in [5, 5.41) is 16.4. The van der Waals surface area contributed by atoms with E-state index in [2.05, 4.69) is 10.2 Å². The summed E-state index contributed by atoms with van der Waals surface area (Å²) >= 11 is 0. The molecule has 0 aliphatic carbocycles. The van der Waals surface area contributed by atoms with Crippen LogP contribution in [0, 0.1) is 6.92 Å². The van der Waals surface area contributed by atoms with Crippen LogP contribution >= 0.6 is 0 Å². The zero-order valence-electron chi connectivity index (χ0n) is 15.9. The third-order valence-electron chi connectivity index (χ3n) is 4.56. The van der Waals surface area contributed by atoms with Crippen LogP contribution in [0.25, 0.3) is 11.3 Å². The maximum atomic E-state index is 12.7. The molecule has 0 unspecified atom stereocenters. The number of amides is 1. The molecule has 7 heteroatoms. The van der Waals surface area contributed by atoms with Gasteiger partial charge in [0.25, 0.3) is 5.91 Å². The monoisotopic (exact) mass is 381 g/mol. The maximum Gasteiger partial charge on any atom is 0.311 e. The van der Waals surface area contributed by atoms with E-state index in [0.29, 0.717) is 17.7 Å². The van der Waals surface area contributed by atoms with Gasteiger partial charge in [-0.25, -0.2) is 0 Å². The van der Waals surface area contributed by atoms with Crippen molar-refractivity contribution in [3.05, 3.63) is 65.2 Å². The van der Waals surface area contributed by atoms with Gasteiger partial charge in [-0.1, -0.05) is 30.3 Å². The summed E-state index contributed by atoms with van der Waals surface area (Å²) in [7, 11) is 1.71. The van der Waals surface area contributed by atoms with E-state index >= 15 is 0 Å². The van der Waals surface area contributed by atoms with Gasteiger partial charge in [-0.3, -0.25) is 14.7 Å². The molecule has 3 rings (SSSR count). The molecule has 0 bridgehead atoms. The van der Waals surface area contributed by atoms with Crippen LogP contribution in [0.2, 0.25) is 0 Å². The number of hydrogen-bond donors (Lipinski definition) is 2. The number of furan rings is 1. The minimum Gasteiger partial charge on any atom is -0.481 e. The lowest BCUT2D eigenvalue weighted by Gasteiger charge is -2.17. The predicted molar refractivity (Wildman–Crippen MR) is 104 cm³/mol. The number of aromatic nitrogens is 2. The molecule has 0 saturated carbocycles. The van der Waals surface area contributed by atoms with E-state index in [9.17, 15) is 9.59 Å². The maximum absolute atomic E-state index is 12.7. The van der Waals surface area contributed by atoms with Crippen LogP contribution in [-0.4, -0.2) is 45.7 Å². The largest absolute Gasteiger partial charge is 0.481 e. The number of aryl methyl sites for hydroxylation is 2. The topological polar surface area (TPSA) is 99.4 Å². The third kappa shape index (κ3) is 4.49. The van der Waals surface area contributed by atoms with Crippen molar-refractivity contribution in [1.82, 2.24) is 15.1 Å². The highest BCUT2D eigenvalue weighted by atomic mass is 16.4. The summed E-state index contributed by atoms with van der Waals surface area (Å²) in [6.45, 7) is 2.28. The molecule has 0 spiro atoms. The zero-order chi connectivity index (χ0) is 20.1. The Bertz CT molecular complexity index is 959. The van der Waals surface area contributed by atoms with E-state index < -0.39 is 5.97 Å². The van der Waals surface area contributed by atoms with Crippen LogP contribution in [-0.2, 0) is 17.6 Å². The average Bonchev–Trinajstić information content (AvgIpc) is 3.28. The number of benzene rings is 1. The lowest BCUT2D eigenvalue weighted by molar-refractivity contribution is -0.136. The number of rotatable bonds is 8. The molecule has 0 atom stereocenters. The van der Waals surface area contributed by atoms with Gasteiger partial charge in [0.15, 0.2) is 0 Å². The van der Waals surface area contributed by atoms with Crippen molar-refractivity contribution in [2.45, 2.75) is 26.2 Å². The molecule has 3 aromatic rings. The van der Waals surface area contributed by atoms with Gasteiger partial charge in [-0.05, 0) is 25.8 Å². The van der Waals surface area contributed by atoms with Crippen molar-refractivity contribution in [1.29, 1.82) is 0 Å². The number of hydrogen-bond acceptors (Lipinski definition) is 4. The second kappa shape index (κ2) is 8.56. The number of nitrogens with one attached hydrogen (secondary N) is 1. The van der Waals surface area contributed by atoms with Crippen LogP contribution in [0.1, 0.15) is 33.8 Å². The van der Waals surface area contributed by atoms with Crippen molar-refractivity contribution < 1.29 is 19.1 Å². The molecule has 7 nitrogen and oxygen atoms in total. The molecule has 0 aliphatic heterocycles. The van der Waals surface area contributed by atoms with Crippen LogP contribution in [0.3, 0.4) is 0 Å². The summed E-state index contributed by atoms with van der Waals surface area (Å²) in [4.78, 5) is 25.3. The number of aliphatic carboxylic acids is 1. The second-order valence-electron chi connectivity index (χ2n) is 6.76. The Kier molecular flexibility index (Phi) is 5.93. The Morgan fingerprint density at radius 2 is 2.00 bits per heavy atom. The van der Waals surface area contributed by atoms with Gasteiger partial charge in [0, 0.05) is 30.4 Å². The van der Waals surface area contributed by atoms with E-state index in [1.54, 1.807) is 18.9 Å². The van der Waals surface area contributed by atoms with Gasteiger partial charge in [0.1, 0.15) is 12.2 Å². The van der Waals surface area contributed by atoms with Crippen LogP contribution in [0.5, 0.6) is 0 Å². The molecular weight excluding hydrogens is 358 g/mol. The molecule has 0 fully saturated rings. The zero-order valence-corrected chi connectivity index (χ0v) is 15.9. The van der Waals surface area contributed by atoms with E-state index in [4.69, 9.17) is 9.52 Å². The number of carbonyl (C=O) groups excluding carboxylic acids is 1. The average molecular weight is 381 g/mol. The van der Waals surface area contributed by atoms with Gasteiger partial charge < -0.3 is 14.4 Å². The lowest BCUT2D eigenvalue weighted by Crippen LogP contribution is -2.29. The number of H-pyrrole nitrogens is 1. The summed E-state index contributed by atoms with van der Waals surface area (Å²) < 4.78 is 5.25. The van der Waals surface area contributed by atoms with Crippen molar-refractivity contribution >= 4 is 11.9 Å². The van der Waals surface area contributed by atoms with E-state index in [1.807, 2.05) is 36.4 Å². The first-order valence-electron chi connectivity index (χ1n) is 9.09. The molecule has 0 radical (unpaired) electrons. The first-order chi connectivity index (χ1) is 13.5. The van der Waals surface area contributed by atoms with Gasteiger partial charge in [0.05, 0.1) is 17.5 Å². The Morgan fingerprint density at radius 1 is 1.25 bits per heavy atom. The van der Waals surface area contributed by atoms with E-state index in [-0.39, 0.29) is 18.1 Å². The SMILES string of the molecule is Cc1coc(CC(=O)O)c1C(=O)N(C)CCCc1cc(-c2ccccc2)n[nH]1. The summed E-state index contributed by atoms with van der Waals surface area (Å²) in [6, 6.07) is 11.9. The fraction of sp³-hybridized carbons (Fsp3) is 0.286. The number of aromatic amines is 1. The Labute approximate surface area is 163 Å². The van der Waals surface area contributed by atoms with Gasteiger partial charge in [0.2, 0.25) is 0 Å². The summed E-state index contributed by atoms with van der Waals surface area (Å²) in [6.07, 6.45) is 2.63. The third-order valence-corrected chi connectivity index (χ3v) is 4.56. The van der Waals surface area contributed by atoms with Crippen LogP contribution < -0.4 is 0 Å². The Morgan fingerprint density at radius 3 is 2.71 bits per heavy atom. The first-order valence-corrected chi connectivity index (χ1v) is 9.09. The summed E-state index contributed by atoms with van der Waals surface area (Å²) in [5.74, 6) is -1.06. The van der Waals surface area contributed by atoms with Gasteiger partial charge >= 0.3 is 5.97 Å². The smallest absolute Gasteiger partial charge is 0.311 e. The van der Waals surface area contributed by atoms with Gasteiger partial charge in [-0.2, -0.15) is 5.10 Å². The molecule has 1 aromatic carbocycles. The molecule has 0 saturated heterocycles. The first kappa shape index (κ1) is 19.4. The van der Waals surface area contributed by atoms with Crippen molar-refractivity contribution in [2.24, 2.45) is 0 Å². The normalized spacial score (nSPS) is 10.8. The quantitative estimate of drug-likeness (QED) is 0.624. The lowest BCUT2D eigenvalue weighted by atomic mass is 10.1. The molecule has 146 valence electrons. The van der Waals surface area contributed by atoms with E-state index in [0.717, 1.165) is 29.8 Å². The molecule has 2 aromatic heterocycles. The Balaban J connectivity index is 1.57. The standard InChI is InChI=1S/C21H23N3O4/c1-14-13-28-18(12-19(25)26)20(14)21(27)24(2)10-6-9-16-11-17(23-22-16)15-7-4-3-5-8-15/h3-5,7-8,11,13H,6,9-10,12H2,1-2H3,(H,22,23)(H,25,26). The molecule has 0 aliphatic rings. The number of carbonyl (C=O) groups is 2. The van der Waals surface area contributed by atoms with E-state index in [1.165, 1.54) is 6.26 Å². The second-order valence-corrected chi connectivity index (χ2v) is 6.76. The molecule has 2 heterocycles. The highest BCUT2D eigenvalue weighted by Gasteiger charge is 2.23. The molecular formula is C21H23N3O4. The number of carboxylic acid groups (broad SMARTS) is 1. The highest BCUT2D eigenvalue weighted by Crippen LogP contribution is 2.20.